The summed E-state index contributed by atoms with van der Waals surface area (Å²) in [4.78, 5) is 1.42. The van der Waals surface area contributed by atoms with Gasteiger partial charge in [-0.15, -0.1) is 11.3 Å². The Balaban J connectivity index is 1.78. The molecule has 1 spiro atoms. The normalized spacial score (nSPS) is 27.1. The van der Waals surface area contributed by atoms with Crippen molar-refractivity contribution in [2.45, 2.75) is 50.2 Å². The molecule has 2 nitrogen and oxygen atoms in total. The van der Waals surface area contributed by atoms with E-state index in [0.717, 1.165) is 6.61 Å². The molecular weight excluding hydrogens is 402 g/mol. The fraction of sp³-hybridized carbons (Fsp3) is 0.733. The Hall–Kier alpha value is 0.580. The van der Waals surface area contributed by atoms with Gasteiger partial charge in [0, 0.05) is 22.0 Å². The van der Waals surface area contributed by atoms with Crippen molar-refractivity contribution in [3.63, 3.8) is 0 Å². The maximum Gasteiger partial charge on any atom is 0.0843 e. The molecule has 2 fully saturated rings. The predicted octanol–water partition coefficient (Wildman–Crippen LogP) is 5.27. The van der Waals surface area contributed by atoms with Crippen molar-refractivity contribution in [3.05, 3.63) is 19.2 Å². The Morgan fingerprint density at radius 2 is 2.15 bits per heavy atom. The highest BCUT2D eigenvalue weighted by Crippen LogP contribution is 2.47. The van der Waals surface area contributed by atoms with Crippen molar-refractivity contribution in [1.29, 1.82) is 0 Å². The van der Waals surface area contributed by atoms with E-state index in [1.165, 1.54) is 51.7 Å². The third-order valence-corrected chi connectivity index (χ3v) is 8.14. The van der Waals surface area contributed by atoms with E-state index in [1.807, 2.05) is 11.3 Å². The number of nitrogens with one attached hydrogen (secondary N) is 1. The van der Waals surface area contributed by atoms with Crippen LogP contribution in [0.25, 0.3) is 0 Å². The minimum atomic E-state index is 0.198. The first-order chi connectivity index (χ1) is 9.63. The van der Waals surface area contributed by atoms with Gasteiger partial charge in [0.25, 0.3) is 0 Å². The number of ether oxygens (including phenoxy) is 1. The Morgan fingerprint density at radius 3 is 2.75 bits per heavy atom. The summed E-state index contributed by atoms with van der Waals surface area (Å²) in [5.41, 5.74) is 0.198. The van der Waals surface area contributed by atoms with Crippen LogP contribution in [0, 0.1) is 5.92 Å². The molecule has 2 atom stereocenters. The number of thiophene rings is 1. The minimum absolute atomic E-state index is 0.198. The molecule has 112 valence electrons. The zero-order chi connectivity index (χ0) is 14.2. The Morgan fingerprint density at radius 1 is 1.40 bits per heavy atom. The van der Waals surface area contributed by atoms with Gasteiger partial charge in [-0.1, -0.05) is 12.8 Å². The van der Waals surface area contributed by atoms with Crippen LogP contribution in [0.1, 0.15) is 49.4 Å². The molecule has 0 radical (unpaired) electrons. The highest BCUT2D eigenvalue weighted by molar-refractivity contribution is 9.13. The second-order valence-corrected chi connectivity index (χ2v) is 9.28. The lowest BCUT2D eigenvalue weighted by molar-refractivity contribution is -0.0977. The van der Waals surface area contributed by atoms with Crippen molar-refractivity contribution in [1.82, 2.24) is 5.32 Å². The highest BCUT2D eigenvalue weighted by atomic mass is 79.9. The largest absolute Gasteiger partial charge is 0.375 e. The van der Waals surface area contributed by atoms with E-state index < -0.39 is 0 Å². The first-order valence-corrected chi connectivity index (χ1v) is 9.80. The van der Waals surface area contributed by atoms with Crippen LogP contribution >= 0.6 is 43.2 Å². The standard InChI is InChI=1S/C15H21Br2NOS/c1-18-13(12-8-11(16)14(17)20-12)10-4-7-19-15(9-10)5-2-3-6-15/h8,10,13,18H,2-7,9H2,1H3. The second kappa shape index (κ2) is 6.37. The summed E-state index contributed by atoms with van der Waals surface area (Å²) in [6.07, 6.45) is 7.58. The predicted molar refractivity (Wildman–Crippen MR) is 91.4 cm³/mol. The summed E-state index contributed by atoms with van der Waals surface area (Å²) in [7, 11) is 2.09. The van der Waals surface area contributed by atoms with E-state index in [0.29, 0.717) is 12.0 Å². The molecule has 5 heteroatoms. The molecule has 0 amide bonds. The summed E-state index contributed by atoms with van der Waals surface area (Å²) >= 11 is 9.06. The van der Waals surface area contributed by atoms with E-state index >= 15 is 0 Å². The molecule has 2 heterocycles. The van der Waals surface area contributed by atoms with Crippen LogP contribution in [0.2, 0.25) is 0 Å². The van der Waals surface area contributed by atoms with Gasteiger partial charge in [0.15, 0.2) is 0 Å². The molecule has 1 aromatic heterocycles. The summed E-state index contributed by atoms with van der Waals surface area (Å²) in [6, 6.07) is 2.70. The van der Waals surface area contributed by atoms with Crippen molar-refractivity contribution < 1.29 is 4.74 Å². The fourth-order valence-corrected chi connectivity index (χ4v) is 6.14. The van der Waals surface area contributed by atoms with Gasteiger partial charge in [-0.25, -0.2) is 0 Å². The van der Waals surface area contributed by atoms with E-state index in [9.17, 15) is 0 Å². The smallest absolute Gasteiger partial charge is 0.0843 e. The van der Waals surface area contributed by atoms with E-state index in [4.69, 9.17) is 4.74 Å². The Labute approximate surface area is 141 Å². The van der Waals surface area contributed by atoms with Crippen molar-refractivity contribution in [3.8, 4) is 0 Å². The summed E-state index contributed by atoms with van der Waals surface area (Å²) < 4.78 is 8.53. The molecule has 1 aromatic rings. The van der Waals surface area contributed by atoms with Gasteiger partial charge < -0.3 is 10.1 Å². The fourth-order valence-electron chi connectivity index (χ4n) is 3.84. The number of halogens is 2. The molecule has 1 N–H and O–H groups in total. The SMILES string of the molecule is CNC(c1cc(Br)c(Br)s1)C1CCOC2(CCCC2)C1. The van der Waals surface area contributed by atoms with Crippen molar-refractivity contribution >= 4 is 43.2 Å². The van der Waals surface area contributed by atoms with Crippen LogP contribution < -0.4 is 5.32 Å². The average Bonchev–Trinajstić information content (AvgIpc) is 2.99. The van der Waals surface area contributed by atoms with E-state index in [1.54, 1.807) is 0 Å². The van der Waals surface area contributed by atoms with Gasteiger partial charge >= 0.3 is 0 Å². The van der Waals surface area contributed by atoms with Gasteiger partial charge in [-0.3, -0.25) is 0 Å². The Bertz CT molecular complexity index is 451. The second-order valence-electron chi connectivity index (χ2n) is 6.03. The van der Waals surface area contributed by atoms with Crippen LogP contribution in [0.5, 0.6) is 0 Å². The molecule has 3 rings (SSSR count). The first kappa shape index (κ1) is 15.5. The van der Waals surface area contributed by atoms with Crippen LogP contribution in [-0.2, 0) is 4.74 Å². The van der Waals surface area contributed by atoms with E-state index in [2.05, 4.69) is 50.3 Å². The van der Waals surface area contributed by atoms with Gasteiger partial charge in [-0.2, -0.15) is 0 Å². The summed E-state index contributed by atoms with van der Waals surface area (Å²) in [5.74, 6) is 0.685. The molecule has 20 heavy (non-hydrogen) atoms. The molecule has 1 saturated heterocycles. The van der Waals surface area contributed by atoms with E-state index in [-0.39, 0.29) is 5.60 Å². The maximum atomic E-state index is 6.17. The highest BCUT2D eigenvalue weighted by Gasteiger charge is 2.42. The lowest BCUT2D eigenvalue weighted by Crippen LogP contribution is -2.41. The van der Waals surface area contributed by atoms with Crippen LogP contribution in [0.4, 0.5) is 0 Å². The molecule has 2 aliphatic rings. The molecule has 1 saturated carbocycles. The molecule has 2 unspecified atom stereocenters. The molecular formula is C15H21Br2NOS. The summed E-state index contributed by atoms with van der Waals surface area (Å²) in [6.45, 7) is 0.927. The number of hydrogen-bond acceptors (Lipinski definition) is 3. The topological polar surface area (TPSA) is 21.3 Å². The monoisotopic (exact) mass is 421 g/mol. The van der Waals surface area contributed by atoms with Crippen LogP contribution in [0.15, 0.2) is 14.3 Å². The van der Waals surface area contributed by atoms with Crippen LogP contribution in [-0.4, -0.2) is 19.3 Å². The molecule has 0 bridgehead atoms. The first-order valence-electron chi connectivity index (χ1n) is 7.39. The average molecular weight is 423 g/mol. The lowest BCUT2D eigenvalue weighted by atomic mass is 9.80. The van der Waals surface area contributed by atoms with Crippen molar-refractivity contribution in [2.75, 3.05) is 13.7 Å². The Kier molecular flexibility index (Phi) is 4.93. The zero-order valence-corrected chi connectivity index (χ0v) is 15.7. The number of rotatable bonds is 3. The van der Waals surface area contributed by atoms with Gasteiger partial charge in [0.2, 0.25) is 0 Å². The maximum absolute atomic E-state index is 6.17. The van der Waals surface area contributed by atoms with Gasteiger partial charge in [0.1, 0.15) is 0 Å². The quantitative estimate of drug-likeness (QED) is 0.715. The lowest BCUT2D eigenvalue weighted by Gasteiger charge is -2.41. The zero-order valence-electron chi connectivity index (χ0n) is 11.8. The number of hydrogen-bond donors (Lipinski definition) is 1. The third-order valence-electron chi connectivity index (χ3n) is 4.80. The minimum Gasteiger partial charge on any atom is -0.375 e. The van der Waals surface area contributed by atoms with Gasteiger partial charge in [-0.05, 0) is 76.6 Å². The third kappa shape index (κ3) is 3.02. The molecule has 1 aliphatic carbocycles. The van der Waals surface area contributed by atoms with Crippen LogP contribution in [0.3, 0.4) is 0 Å². The van der Waals surface area contributed by atoms with Crippen molar-refractivity contribution in [2.24, 2.45) is 5.92 Å². The molecule has 0 aromatic carbocycles. The molecule has 1 aliphatic heterocycles. The summed E-state index contributed by atoms with van der Waals surface area (Å²) in [5, 5.41) is 3.55. The van der Waals surface area contributed by atoms with Gasteiger partial charge in [0.05, 0.1) is 9.39 Å².